The number of rotatable bonds is 6. The molecule has 1 atom stereocenters. The second-order valence-corrected chi connectivity index (χ2v) is 5.81. The Morgan fingerprint density at radius 3 is 2.38 bits per heavy atom. The van der Waals surface area contributed by atoms with Gasteiger partial charge in [-0.05, 0) is 29.8 Å². The fourth-order valence-electron chi connectivity index (χ4n) is 2.50. The molecule has 0 aliphatic rings. The molecule has 0 bridgehead atoms. The minimum absolute atomic E-state index is 0.0833. The molecule has 112 valence electrons. The molecule has 21 heavy (non-hydrogen) atoms. The van der Waals surface area contributed by atoms with Crippen molar-refractivity contribution < 1.29 is 0 Å². The van der Waals surface area contributed by atoms with Gasteiger partial charge in [0.2, 0.25) is 0 Å². The van der Waals surface area contributed by atoms with E-state index in [0.29, 0.717) is 16.6 Å². The van der Waals surface area contributed by atoms with E-state index in [-0.39, 0.29) is 6.04 Å². The molecule has 0 spiro atoms. The molecule has 2 rings (SSSR count). The lowest BCUT2D eigenvalue weighted by Crippen LogP contribution is -2.33. The minimum atomic E-state index is 0.0833. The van der Waals surface area contributed by atoms with Gasteiger partial charge < -0.3 is 5.73 Å². The maximum Gasteiger partial charge on any atom is 0.0488 e. The monoisotopic (exact) mass is 322 g/mol. The summed E-state index contributed by atoms with van der Waals surface area (Å²) in [7, 11) is 0. The van der Waals surface area contributed by atoms with Gasteiger partial charge in [0.05, 0.1) is 0 Å². The van der Waals surface area contributed by atoms with E-state index in [4.69, 9.17) is 28.9 Å². The number of benzene rings is 2. The van der Waals surface area contributed by atoms with Gasteiger partial charge in [-0.25, -0.2) is 0 Å². The summed E-state index contributed by atoms with van der Waals surface area (Å²) < 4.78 is 0. The predicted molar refractivity (Wildman–Crippen MR) is 90.8 cm³/mol. The van der Waals surface area contributed by atoms with E-state index in [1.54, 1.807) is 6.07 Å². The molecule has 2 aromatic carbocycles. The topological polar surface area (TPSA) is 29.3 Å². The van der Waals surface area contributed by atoms with E-state index in [0.717, 1.165) is 18.7 Å². The van der Waals surface area contributed by atoms with Crippen molar-refractivity contribution in [1.82, 2.24) is 4.90 Å². The summed E-state index contributed by atoms with van der Waals surface area (Å²) in [6.45, 7) is 4.39. The summed E-state index contributed by atoms with van der Waals surface area (Å²) in [5, 5.41) is 1.31. The van der Waals surface area contributed by atoms with Gasteiger partial charge in [-0.1, -0.05) is 66.5 Å². The number of hydrogen-bond donors (Lipinski definition) is 1. The molecule has 4 heteroatoms. The Morgan fingerprint density at radius 1 is 1.10 bits per heavy atom. The first-order valence-corrected chi connectivity index (χ1v) is 7.84. The quantitative estimate of drug-likeness (QED) is 0.847. The Balaban J connectivity index is 2.25. The SMILES string of the molecule is CCN(Cc1ccccc1)C(CN)c1ccc(Cl)cc1Cl. The standard InChI is InChI=1S/C17H20Cl2N2/c1-2-21(12-13-6-4-3-5-7-13)17(11-20)15-9-8-14(18)10-16(15)19/h3-10,17H,2,11-12,20H2,1H3. The van der Waals surface area contributed by atoms with Crippen LogP contribution in [-0.2, 0) is 6.54 Å². The molecule has 0 amide bonds. The molecular formula is C17H20Cl2N2. The molecule has 0 fully saturated rings. The zero-order chi connectivity index (χ0) is 15.2. The third-order valence-electron chi connectivity index (χ3n) is 3.62. The highest BCUT2D eigenvalue weighted by Gasteiger charge is 2.20. The zero-order valence-electron chi connectivity index (χ0n) is 12.1. The fourth-order valence-corrected chi connectivity index (χ4v) is 3.04. The highest BCUT2D eigenvalue weighted by molar-refractivity contribution is 6.35. The van der Waals surface area contributed by atoms with Gasteiger partial charge in [0, 0.05) is 29.2 Å². The minimum Gasteiger partial charge on any atom is -0.329 e. The Hall–Kier alpha value is -1.06. The molecule has 1 unspecified atom stereocenters. The maximum absolute atomic E-state index is 6.34. The molecule has 0 radical (unpaired) electrons. The predicted octanol–water partition coefficient (Wildman–Crippen LogP) is 4.52. The Labute approximate surface area is 136 Å². The summed E-state index contributed by atoms with van der Waals surface area (Å²) in [6.07, 6.45) is 0. The van der Waals surface area contributed by atoms with Crippen LogP contribution in [0, 0.1) is 0 Å². The lowest BCUT2D eigenvalue weighted by Gasteiger charge is -2.31. The molecule has 0 aromatic heterocycles. The average Bonchev–Trinajstić information content (AvgIpc) is 2.49. The van der Waals surface area contributed by atoms with Crippen LogP contribution >= 0.6 is 23.2 Å². The van der Waals surface area contributed by atoms with E-state index in [9.17, 15) is 0 Å². The second-order valence-electron chi connectivity index (χ2n) is 4.97. The van der Waals surface area contributed by atoms with Gasteiger partial charge >= 0.3 is 0 Å². The van der Waals surface area contributed by atoms with Crippen LogP contribution in [0.15, 0.2) is 48.5 Å². The van der Waals surface area contributed by atoms with Crippen LogP contribution in [0.1, 0.15) is 24.1 Å². The number of nitrogens with two attached hydrogens (primary N) is 1. The first kappa shape index (κ1) is 16.3. The first-order valence-electron chi connectivity index (χ1n) is 7.08. The molecule has 0 aliphatic heterocycles. The molecule has 0 heterocycles. The van der Waals surface area contributed by atoms with Crippen molar-refractivity contribution in [2.75, 3.05) is 13.1 Å². The van der Waals surface area contributed by atoms with Gasteiger partial charge in [0.25, 0.3) is 0 Å². The second kappa shape index (κ2) is 7.81. The third-order valence-corrected chi connectivity index (χ3v) is 4.18. The summed E-state index contributed by atoms with van der Waals surface area (Å²) in [5.41, 5.74) is 8.30. The Bertz CT molecular complexity index is 572. The van der Waals surface area contributed by atoms with Crippen molar-refractivity contribution in [2.24, 2.45) is 5.73 Å². The van der Waals surface area contributed by atoms with Gasteiger partial charge in [0.15, 0.2) is 0 Å². The number of nitrogens with zero attached hydrogens (tertiary/aromatic N) is 1. The van der Waals surface area contributed by atoms with Crippen LogP contribution in [-0.4, -0.2) is 18.0 Å². The zero-order valence-corrected chi connectivity index (χ0v) is 13.6. The summed E-state index contributed by atoms with van der Waals surface area (Å²) in [6, 6.07) is 16.1. The van der Waals surface area contributed by atoms with Crippen LogP contribution in [0.25, 0.3) is 0 Å². The van der Waals surface area contributed by atoms with Crippen molar-refractivity contribution in [3.05, 3.63) is 69.7 Å². The fraction of sp³-hybridized carbons (Fsp3) is 0.294. The lowest BCUT2D eigenvalue weighted by molar-refractivity contribution is 0.203. The van der Waals surface area contributed by atoms with Crippen molar-refractivity contribution in [2.45, 2.75) is 19.5 Å². The highest BCUT2D eigenvalue weighted by atomic mass is 35.5. The van der Waals surface area contributed by atoms with E-state index >= 15 is 0 Å². The summed E-state index contributed by atoms with van der Waals surface area (Å²) in [4.78, 5) is 2.32. The van der Waals surface area contributed by atoms with E-state index < -0.39 is 0 Å². The Kier molecular flexibility index (Phi) is 6.07. The lowest BCUT2D eigenvalue weighted by atomic mass is 10.0. The normalized spacial score (nSPS) is 12.6. The highest BCUT2D eigenvalue weighted by Crippen LogP contribution is 2.30. The third kappa shape index (κ3) is 4.21. The Morgan fingerprint density at radius 2 is 1.81 bits per heavy atom. The van der Waals surface area contributed by atoms with Crippen LogP contribution in [0.5, 0.6) is 0 Å². The molecule has 0 aliphatic carbocycles. The smallest absolute Gasteiger partial charge is 0.0488 e. The van der Waals surface area contributed by atoms with E-state index in [2.05, 4.69) is 36.1 Å². The molecule has 2 nitrogen and oxygen atoms in total. The molecular weight excluding hydrogens is 303 g/mol. The number of halogens is 2. The van der Waals surface area contributed by atoms with Crippen LogP contribution in [0.2, 0.25) is 10.0 Å². The van der Waals surface area contributed by atoms with Crippen molar-refractivity contribution in [1.29, 1.82) is 0 Å². The average molecular weight is 323 g/mol. The summed E-state index contributed by atoms with van der Waals surface area (Å²) >= 11 is 12.3. The maximum atomic E-state index is 6.34. The van der Waals surface area contributed by atoms with Crippen molar-refractivity contribution in [3.8, 4) is 0 Å². The van der Waals surface area contributed by atoms with Gasteiger partial charge in [-0.3, -0.25) is 4.90 Å². The number of likely N-dealkylation sites (N-methyl/N-ethyl adjacent to an activating group) is 1. The van der Waals surface area contributed by atoms with Gasteiger partial charge in [-0.2, -0.15) is 0 Å². The molecule has 2 aromatic rings. The van der Waals surface area contributed by atoms with Crippen LogP contribution in [0.3, 0.4) is 0 Å². The van der Waals surface area contributed by atoms with Gasteiger partial charge in [-0.15, -0.1) is 0 Å². The number of hydrogen-bond acceptors (Lipinski definition) is 2. The first-order chi connectivity index (χ1) is 10.2. The van der Waals surface area contributed by atoms with Crippen molar-refractivity contribution in [3.63, 3.8) is 0 Å². The molecule has 0 saturated heterocycles. The van der Waals surface area contributed by atoms with E-state index in [1.807, 2.05) is 18.2 Å². The molecule has 2 N–H and O–H groups in total. The van der Waals surface area contributed by atoms with Crippen LogP contribution in [0.4, 0.5) is 0 Å². The summed E-state index contributed by atoms with van der Waals surface area (Å²) in [5.74, 6) is 0. The van der Waals surface area contributed by atoms with Crippen LogP contribution < -0.4 is 5.73 Å². The van der Waals surface area contributed by atoms with Gasteiger partial charge in [0.1, 0.15) is 0 Å². The van der Waals surface area contributed by atoms with E-state index in [1.165, 1.54) is 5.56 Å². The largest absolute Gasteiger partial charge is 0.329 e. The van der Waals surface area contributed by atoms with Crippen molar-refractivity contribution >= 4 is 23.2 Å². The molecule has 0 saturated carbocycles.